The molecular weight excluding hydrogens is 319 g/mol. The Kier molecular flexibility index (Phi) is 4.85. The van der Waals surface area contributed by atoms with Crippen LogP contribution in [0.4, 0.5) is 13.2 Å². The molecule has 1 saturated heterocycles. The molecule has 0 amide bonds. The highest BCUT2D eigenvalue weighted by molar-refractivity contribution is 5.93. The van der Waals surface area contributed by atoms with Crippen molar-refractivity contribution in [3.63, 3.8) is 0 Å². The molecule has 24 heavy (non-hydrogen) atoms. The molecule has 132 valence electrons. The first kappa shape index (κ1) is 17.3. The van der Waals surface area contributed by atoms with E-state index in [4.69, 9.17) is 0 Å². The van der Waals surface area contributed by atoms with Crippen LogP contribution in [0.2, 0.25) is 0 Å². The lowest BCUT2D eigenvalue weighted by molar-refractivity contribution is -0.275. The summed E-state index contributed by atoms with van der Waals surface area (Å²) in [6.07, 6.45) is 0.624. The molecule has 0 aromatic heterocycles. The number of rotatable bonds is 5. The van der Waals surface area contributed by atoms with Crippen molar-refractivity contribution >= 4 is 5.78 Å². The number of para-hydroxylation sites is 1. The van der Waals surface area contributed by atoms with Crippen LogP contribution < -0.4 is 4.74 Å². The molecule has 3 nitrogen and oxygen atoms in total. The number of ether oxygens (including phenoxy) is 1. The predicted octanol–water partition coefficient (Wildman–Crippen LogP) is 4.06. The maximum absolute atomic E-state index is 13.0. The zero-order valence-electron chi connectivity index (χ0n) is 13.6. The number of alkyl halides is 3. The molecule has 0 spiro atoms. The minimum Gasteiger partial charge on any atom is -0.405 e. The first-order valence-corrected chi connectivity index (χ1v) is 8.52. The second-order valence-electron chi connectivity index (χ2n) is 6.74. The molecule has 1 heterocycles. The van der Waals surface area contributed by atoms with Crippen LogP contribution in [-0.4, -0.2) is 36.7 Å². The smallest absolute Gasteiger partial charge is 0.405 e. The monoisotopic (exact) mass is 341 g/mol. The predicted molar refractivity (Wildman–Crippen MR) is 84.0 cm³/mol. The minimum absolute atomic E-state index is 0.0221. The Morgan fingerprint density at radius 3 is 2.33 bits per heavy atom. The van der Waals surface area contributed by atoms with Crippen molar-refractivity contribution < 1.29 is 22.7 Å². The number of nitrogens with zero attached hydrogens (tertiary/aromatic N) is 1. The summed E-state index contributed by atoms with van der Waals surface area (Å²) < 4.78 is 42.3. The fourth-order valence-corrected chi connectivity index (χ4v) is 3.78. The number of carbonyl (C=O) groups is 1. The number of piperidine rings is 1. The number of hydrogen-bond donors (Lipinski definition) is 0. The molecular formula is C18H22F3NO2. The SMILES string of the molecule is O=C(CN1CCCCC1)C1(c2ccccc2OC(F)(F)F)CCC1. The summed E-state index contributed by atoms with van der Waals surface area (Å²) in [4.78, 5) is 15.1. The van der Waals surface area contributed by atoms with Gasteiger partial charge in [0.25, 0.3) is 0 Å². The summed E-state index contributed by atoms with van der Waals surface area (Å²) in [7, 11) is 0. The van der Waals surface area contributed by atoms with Crippen LogP contribution in [0.3, 0.4) is 0 Å². The third-order valence-electron chi connectivity index (χ3n) is 5.19. The summed E-state index contributed by atoms with van der Waals surface area (Å²) in [5.74, 6) is -0.217. The van der Waals surface area contributed by atoms with Gasteiger partial charge in [0.1, 0.15) is 5.75 Å². The molecule has 1 saturated carbocycles. The van der Waals surface area contributed by atoms with Crippen molar-refractivity contribution in [2.45, 2.75) is 50.3 Å². The van der Waals surface area contributed by atoms with Gasteiger partial charge in [-0.3, -0.25) is 9.69 Å². The van der Waals surface area contributed by atoms with E-state index in [9.17, 15) is 18.0 Å². The zero-order chi connectivity index (χ0) is 17.2. The van der Waals surface area contributed by atoms with Crippen molar-refractivity contribution in [2.75, 3.05) is 19.6 Å². The third-order valence-corrected chi connectivity index (χ3v) is 5.19. The van der Waals surface area contributed by atoms with Gasteiger partial charge in [0.05, 0.1) is 12.0 Å². The van der Waals surface area contributed by atoms with Gasteiger partial charge in [-0.15, -0.1) is 13.2 Å². The van der Waals surface area contributed by atoms with E-state index in [0.717, 1.165) is 32.4 Å². The van der Waals surface area contributed by atoms with E-state index in [1.807, 2.05) is 0 Å². The highest BCUT2D eigenvalue weighted by atomic mass is 19.4. The highest BCUT2D eigenvalue weighted by Gasteiger charge is 2.48. The Morgan fingerprint density at radius 2 is 1.75 bits per heavy atom. The average molecular weight is 341 g/mol. The third kappa shape index (κ3) is 3.58. The topological polar surface area (TPSA) is 29.5 Å². The van der Waals surface area contributed by atoms with Crippen molar-refractivity contribution in [1.82, 2.24) is 4.90 Å². The standard InChI is InChI=1S/C18H22F3NO2/c19-18(20,21)24-15-8-3-2-7-14(15)17(9-6-10-17)16(23)13-22-11-4-1-5-12-22/h2-3,7-8H,1,4-6,9-13H2. The highest BCUT2D eigenvalue weighted by Crippen LogP contribution is 2.48. The van der Waals surface area contributed by atoms with E-state index in [-0.39, 0.29) is 11.5 Å². The molecule has 6 heteroatoms. The second kappa shape index (κ2) is 6.75. The van der Waals surface area contributed by atoms with Crippen LogP contribution in [0, 0.1) is 0 Å². The minimum atomic E-state index is -4.75. The summed E-state index contributed by atoms with van der Waals surface area (Å²) in [6, 6.07) is 6.09. The second-order valence-corrected chi connectivity index (χ2v) is 6.74. The fourth-order valence-electron chi connectivity index (χ4n) is 3.78. The van der Waals surface area contributed by atoms with Crippen LogP contribution in [0.15, 0.2) is 24.3 Å². The Balaban J connectivity index is 1.83. The van der Waals surface area contributed by atoms with Crippen LogP contribution in [0.1, 0.15) is 44.1 Å². The Morgan fingerprint density at radius 1 is 1.08 bits per heavy atom. The van der Waals surface area contributed by atoms with Gasteiger partial charge in [-0.2, -0.15) is 0 Å². The van der Waals surface area contributed by atoms with E-state index in [0.29, 0.717) is 24.9 Å². The Bertz CT molecular complexity index is 590. The number of Topliss-reactive ketones (excluding diaryl/α,β-unsaturated/α-hetero) is 1. The molecule has 3 rings (SSSR count). The summed E-state index contributed by atoms with van der Waals surface area (Å²) in [5, 5.41) is 0. The molecule has 0 N–H and O–H groups in total. The van der Waals surface area contributed by atoms with Gasteiger partial charge in [-0.1, -0.05) is 31.0 Å². The molecule has 1 aliphatic carbocycles. The van der Waals surface area contributed by atoms with Crippen LogP contribution >= 0.6 is 0 Å². The summed E-state index contributed by atoms with van der Waals surface area (Å²) in [6.45, 7) is 2.10. The lowest BCUT2D eigenvalue weighted by Crippen LogP contribution is -2.48. The van der Waals surface area contributed by atoms with Crippen molar-refractivity contribution in [3.8, 4) is 5.75 Å². The molecule has 2 aliphatic rings. The van der Waals surface area contributed by atoms with Crippen LogP contribution in [0.25, 0.3) is 0 Å². The van der Waals surface area contributed by atoms with E-state index in [1.165, 1.54) is 18.6 Å². The molecule has 1 aliphatic heterocycles. The first-order valence-electron chi connectivity index (χ1n) is 8.52. The number of ketones is 1. The quantitative estimate of drug-likeness (QED) is 0.809. The van der Waals surface area contributed by atoms with Crippen LogP contribution in [-0.2, 0) is 10.2 Å². The first-order chi connectivity index (χ1) is 11.4. The van der Waals surface area contributed by atoms with E-state index in [1.54, 1.807) is 12.1 Å². The Labute approximate surface area is 139 Å². The van der Waals surface area contributed by atoms with Crippen molar-refractivity contribution in [1.29, 1.82) is 0 Å². The van der Waals surface area contributed by atoms with E-state index >= 15 is 0 Å². The Hall–Kier alpha value is -1.56. The van der Waals surface area contributed by atoms with Gasteiger partial charge in [-0.05, 0) is 44.8 Å². The average Bonchev–Trinajstić information content (AvgIpc) is 2.47. The van der Waals surface area contributed by atoms with Crippen molar-refractivity contribution in [3.05, 3.63) is 29.8 Å². The lowest BCUT2D eigenvalue weighted by atomic mass is 9.61. The molecule has 2 fully saturated rings. The largest absolute Gasteiger partial charge is 0.573 e. The van der Waals surface area contributed by atoms with Gasteiger partial charge in [0, 0.05) is 5.56 Å². The number of hydrogen-bond acceptors (Lipinski definition) is 3. The number of carbonyl (C=O) groups excluding carboxylic acids is 1. The van der Waals surface area contributed by atoms with Gasteiger partial charge >= 0.3 is 6.36 Å². The normalized spacial score (nSPS) is 21.1. The fraction of sp³-hybridized carbons (Fsp3) is 0.611. The van der Waals surface area contributed by atoms with Gasteiger partial charge < -0.3 is 4.74 Å². The molecule has 0 atom stereocenters. The molecule has 0 radical (unpaired) electrons. The molecule has 1 aromatic carbocycles. The number of likely N-dealkylation sites (tertiary alicyclic amines) is 1. The maximum atomic E-state index is 13.0. The van der Waals surface area contributed by atoms with Crippen LogP contribution in [0.5, 0.6) is 5.75 Å². The van der Waals surface area contributed by atoms with E-state index in [2.05, 4.69) is 9.64 Å². The number of benzene rings is 1. The molecule has 0 bridgehead atoms. The maximum Gasteiger partial charge on any atom is 0.573 e. The van der Waals surface area contributed by atoms with Gasteiger partial charge in [0.2, 0.25) is 0 Å². The zero-order valence-corrected chi connectivity index (χ0v) is 13.6. The van der Waals surface area contributed by atoms with E-state index < -0.39 is 11.8 Å². The summed E-state index contributed by atoms with van der Waals surface area (Å²) >= 11 is 0. The molecule has 0 unspecified atom stereocenters. The van der Waals surface area contributed by atoms with Gasteiger partial charge in [-0.25, -0.2) is 0 Å². The van der Waals surface area contributed by atoms with Crippen molar-refractivity contribution in [2.24, 2.45) is 0 Å². The van der Waals surface area contributed by atoms with Gasteiger partial charge in [0.15, 0.2) is 5.78 Å². The number of halogens is 3. The summed E-state index contributed by atoms with van der Waals surface area (Å²) in [5.41, 5.74) is -0.435. The lowest BCUT2D eigenvalue weighted by Gasteiger charge is -2.43. The molecule has 1 aromatic rings.